The minimum atomic E-state index is -1.01. The molecule has 0 bridgehead atoms. The Balaban J connectivity index is 4.04. The fourth-order valence-corrected chi connectivity index (χ4v) is 1.42. The van der Waals surface area contributed by atoms with Crippen LogP contribution in [0, 0.1) is 0 Å². The SMILES string of the molecule is CCN(CC(O)CC(=O)O)CC(C)(C)O. The summed E-state index contributed by atoms with van der Waals surface area (Å²) in [6.45, 7) is 6.62. The Morgan fingerprint density at radius 1 is 1.47 bits per heavy atom. The number of hydrogen-bond donors (Lipinski definition) is 3. The van der Waals surface area contributed by atoms with E-state index < -0.39 is 17.7 Å². The van der Waals surface area contributed by atoms with E-state index in [-0.39, 0.29) is 13.0 Å². The van der Waals surface area contributed by atoms with Crippen LogP contribution in [-0.4, -0.2) is 57.5 Å². The molecule has 1 atom stereocenters. The van der Waals surface area contributed by atoms with Crippen LogP contribution in [0.3, 0.4) is 0 Å². The number of rotatable bonds is 7. The minimum absolute atomic E-state index is 0.262. The van der Waals surface area contributed by atoms with Gasteiger partial charge in [0.15, 0.2) is 0 Å². The van der Waals surface area contributed by atoms with Crippen molar-refractivity contribution in [3.05, 3.63) is 0 Å². The summed E-state index contributed by atoms with van der Waals surface area (Å²) in [5.41, 5.74) is -0.834. The first kappa shape index (κ1) is 14.3. The van der Waals surface area contributed by atoms with Crippen LogP contribution in [0.15, 0.2) is 0 Å². The predicted octanol–water partition coefficient (Wildman–Crippen LogP) is -0.0852. The van der Waals surface area contributed by atoms with E-state index in [0.717, 1.165) is 0 Å². The van der Waals surface area contributed by atoms with Crippen LogP contribution in [0.1, 0.15) is 27.2 Å². The Morgan fingerprint density at radius 2 is 2.00 bits per heavy atom. The number of aliphatic carboxylic acids is 1. The van der Waals surface area contributed by atoms with Gasteiger partial charge >= 0.3 is 5.97 Å². The molecule has 0 fully saturated rings. The number of hydrogen-bond acceptors (Lipinski definition) is 4. The number of carboxylic acid groups (broad SMARTS) is 1. The molecule has 0 radical (unpaired) electrons. The number of nitrogens with zero attached hydrogens (tertiary/aromatic N) is 1. The van der Waals surface area contributed by atoms with E-state index in [0.29, 0.717) is 13.1 Å². The normalized spacial score (nSPS) is 14.3. The van der Waals surface area contributed by atoms with Gasteiger partial charge in [0.25, 0.3) is 0 Å². The zero-order valence-electron chi connectivity index (χ0n) is 9.60. The highest BCUT2D eigenvalue weighted by Gasteiger charge is 2.20. The highest BCUT2D eigenvalue weighted by Crippen LogP contribution is 2.06. The number of carboxylic acids is 1. The minimum Gasteiger partial charge on any atom is -0.481 e. The fourth-order valence-electron chi connectivity index (χ4n) is 1.42. The van der Waals surface area contributed by atoms with Crippen molar-refractivity contribution in [1.29, 1.82) is 0 Å². The van der Waals surface area contributed by atoms with Gasteiger partial charge in [-0.1, -0.05) is 6.92 Å². The van der Waals surface area contributed by atoms with Crippen molar-refractivity contribution >= 4 is 5.97 Å². The molecular formula is C10H21NO4. The van der Waals surface area contributed by atoms with Crippen molar-refractivity contribution in [3.8, 4) is 0 Å². The van der Waals surface area contributed by atoms with Crippen molar-refractivity contribution in [2.75, 3.05) is 19.6 Å². The Hall–Kier alpha value is -0.650. The van der Waals surface area contributed by atoms with Crippen LogP contribution in [0.2, 0.25) is 0 Å². The summed E-state index contributed by atoms with van der Waals surface area (Å²) in [4.78, 5) is 12.2. The number of aliphatic hydroxyl groups is 2. The highest BCUT2D eigenvalue weighted by molar-refractivity contribution is 5.67. The topological polar surface area (TPSA) is 81.0 Å². The molecule has 0 rings (SSSR count). The Labute approximate surface area is 90.3 Å². The summed E-state index contributed by atoms with van der Waals surface area (Å²) in [6.07, 6.45) is -1.15. The summed E-state index contributed by atoms with van der Waals surface area (Å²) in [6, 6.07) is 0. The molecule has 0 aromatic rings. The van der Waals surface area contributed by atoms with Gasteiger partial charge < -0.3 is 15.3 Å². The van der Waals surface area contributed by atoms with Crippen LogP contribution < -0.4 is 0 Å². The first-order valence-electron chi connectivity index (χ1n) is 5.09. The molecule has 0 saturated heterocycles. The second kappa shape index (κ2) is 6.05. The molecule has 1 unspecified atom stereocenters. The maximum atomic E-state index is 10.3. The molecule has 0 aromatic heterocycles. The zero-order chi connectivity index (χ0) is 12.1. The van der Waals surface area contributed by atoms with E-state index >= 15 is 0 Å². The Morgan fingerprint density at radius 3 is 2.33 bits per heavy atom. The molecule has 5 nitrogen and oxygen atoms in total. The van der Waals surface area contributed by atoms with Crippen molar-refractivity contribution in [3.63, 3.8) is 0 Å². The monoisotopic (exact) mass is 219 g/mol. The average Bonchev–Trinajstić information content (AvgIpc) is 1.98. The van der Waals surface area contributed by atoms with E-state index in [1.165, 1.54) is 0 Å². The van der Waals surface area contributed by atoms with Gasteiger partial charge in [-0.3, -0.25) is 9.69 Å². The fraction of sp³-hybridized carbons (Fsp3) is 0.900. The lowest BCUT2D eigenvalue weighted by Crippen LogP contribution is -2.42. The molecule has 0 spiro atoms. The predicted molar refractivity (Wildman–Crippen MR) is 56.7 cm³/mol. The molecule has 3 N–H and O–H groups in total. The third-order valence-corrected chi connectivity index (χ3v) is 1.94. The molecule has 0 saturated carbocycles. The summed E-state index contributed by atoms with van der Waals surface area (Å²) in [5.74, 6) is -1.01. The van der Waals surface area contributed by atoms with Crippen LogP contribution in [0.25, 0.3) is 0 Å². The van der Waals surface area contributed by atoms with E-state index in [2.05, 4.69) is 0 Å². The van der Waals surface area contributed by atoms with Gasteiger partial charge in [0.05, 0.1) is 18.1 Å². The standard InChI is InChI=1S/C10H21NO4/c1-4-11(7-10(2,3)15)6-8(12)5-9(13)14/h8,12,15H,4-7H2,1-3H3,(H,13,14). The molecule has 0 aliphatic carbocycles. The maximum absolute atomic E-state index is 10.3. The Bertz CT molecular complexity index is 200. The first-order chi connectivity index (χ1) is 6.74. The summed E-state index contributed by atoms with van der Waals surface area (Å²) < 4.78 is 0. The van der Waals surface area contributed by atoms with E-state index in [4.69, 9.17) is 5.11 Å². The molecule has 90 valence electrons. The Kier molecular flexibility index (Phi) is 5.79. The van der Waals surface area contributed by atoms with Gasteiger partial charge in [0.1, 0.15) is 0 Å². The van der Waals surface area contributed by atoms with Crippen LogP contribution in [0.4, 0.5) is 0 Å². The van der Waals surface area contributed by atoms with Gasteiger partial charge in [-0.05, 0) is 20.4 Å². The molecule has 0 heterocycles. The third kappa shape index (κ3) is 8.35. The van der Waals surface area contributed by atoms with Gasteiger partial charge in [0.2, 0.25) is 0 Å². The molecule has 15 heavy (non-hydrogen) atoms. The van der Waals surface area contributed by atoms with Crippen molar-refractivity contribution < 1.29 is 20.1 Å². The lowest BCUT2D eigenvalue weighted by Gasteiger charge is -2.29. The van der Waals surface area contributed by atoms with Gasteiger partial charge in [0, 0.05) is 13.1 Å². The molecule has 5 heteroatoms. The van der Waals surface area contributed by atoms with Crippen LogP contribution in [-0.2, 0) is 4.79 Å². The van der Waals surface area contributed by atoms with Crippen molar-refractivity contribution in [2.45, 2.75) is 38.9 Å². The summed E-state index contributed by atoms with van der Waals surface area (Å²) in [7, 11) is 0. The molecule has 0 aromatic carbocycles. The van der Waals surface area contributed by atoms with Crippen LogP contribution >= 0.6 is 0 Å². The summed E-state index contributed by atoms with van der Waals surface area (Å²) in [5, 5.41) is 27.5. The number of aliphatic hydroxyl groups excluding tert-OH is 1. The average molecular weight is 219 g/mol. The third-order valence-electron chi connectivity index (χ3n) is 1.94. The highest BCUT2D eigenvalue weighted by atomic mass is 16.4. The van der Waals surface area contributed by atoms with Crippen molar-refractivity contribution in [2.24, 2.45) is 0 Å². The lowest BCUT2D eigenvalue weighted by molar-refractivity contribution is -0.139. The number of carbonyl (C=O) groups is 1. The molecule has 0 amide bonds. The number of likely N-dealkylation sites (N-methyl/N-ethyl adjacent to an activating group) is 1. The second-order valence-corrected chi connectivity index (χ2v) is 4.39. The van der Waals surface area contributed by atoms with Gasteiger partial charge in [-0.2, -0.15) is 0 Å². The maximum Gasteiger partial charge on any atom is 0.306 e. The molecule has 0 aliphatic heterocycles. The lowest BCUT2D eigenvalue weighted by atomic mass is 10.1. The van der Waals surface area contributed by atoms with Gasteiger partial charge in [-0.15, -0.1) is 0 Å². The molecule has 0 aliphatic rings. The second-order valence-electron chi connectivity index (χ2n) is 4.39. The zero-order valence-corrected chi connectivity index (χ0v) is 9.60. The van der Waals surface area contributed by atoms with Crippen LogP contribution in [0.5, 0.6) is 0 Å². The van der Waals surface area contributed by atoms with Crippen molar-refractivity contribution in [1.82, 2.24) is 4.90 Å². The first-order valence-corrected chi connectivity index (χ1v) is 5.09. The molecular weight excluding hydrogens is 198 g/mol. The summed E-state index contributed by atoms with van der Waals surface area (Å²) >= 11 is 0. The van der Waals surface area contributed by atoms with Gasteiger partial charge in [-0.25, -0.2) is 0 Å². The quantitative estimate of drug-likeness (QED) is 0.558. The smallest absolute Gasteiger partial charge is 0.306 e. The largest absolute Gasteiger partial charge is 0.481 e. The van der Waals surface area contributed by atoms with E-state index in [1.54, 1.807) is 13.8 Å². The van der Waals surface area contributed by atoms with E-state index in [1.807, 2.05) is 11.8 Å². The van der Waals surface area contributed by atoms with E-state index in [9.17, 15) is 15.0 Å².